The molecule has 232 valence electrons. The molecule has 0 nitrogen and oxygen atoms in total. The van der Waals surface area contributed by atoms with Gasteiger partial charge in [0.05, 0.1) is 0 Å². The molecule has 5 aliphatic rings. The van der Waals surface area contributed by atoms with Gasteiger partial charge in [-0.25, -0.2) is 0 Å². The first-order chi connectivity index (χ1) is 22.3. The molecule has 0 aromatic carbocycles. The molecule has 2 unspecified atom stereocenters. The molecular weight excluding hydrogens is 593 g/mol. The minimum absolute atomic E-state index is 0.110. The van der Waals surface area contributed by atoms with E-state index < -0.39 is 0 Å². The summed E-state index contributed by atoms with van der Waals surface area (Å²) in [6, 6.07) is 9.17. The average molecular weight is 637 g/mol. The summed E-state index contributed by atoms with van der Waals surface area (Å²) >= 11 is 3.77. The first-order valence-electron chi connectivity index (χ1n) is 17.2. The normalized spacial score (nSPS) is 23.0. The van der Waals surface area contributed by atoms with Crippen molar-refractivity contribution in [2.45, 2.75) is 91.9 Å². The van der Waals surface area contributed by atoms with Gasteiger partial charge in [0.25, 0.3) is 0 Å². The van der Waals surface area contributed by atoms with Crippen LogP contribution >= 0.6 is 22.7 Å². The van der Waals surface area contributed by atoms with Crippen molar-refractivity contribution < 1.29 is 0 Å². The quantitative estimate of drug-likeness (QED) is 0.293. The van der Waals surface area contributed by atoms with E-state index in [2.05, 4.69) is 124 Å². The summed E-state index contributed by atoms with van der Waals surface area (Å²) in [7, 11) is 0. The van der Waals surface area contributed by atoms with Crippen molar-refractivity contribution in [2.75, 3.05) is 0 Å². The maximum Gasteiger partial charge on any atom is 0.0387 e. The van der Waals surface area contributed by atoms with Crippen molar-refractivity contribution in [2.24, 2.45) is 11.8 Å². The van der Waals surface area contributed by atoms with Crippen molar-refractivity contribution in [3.05, 3.63) is 159 Å². The third kappa shape index (κ3) is 5.66. The van der Waals surface area contributed by atoms with Crippen LogP contribution in [0.25, 0.3) is 0 Å². The SMILES string of the molecule is CC1=C=C2C3=C(C=CC(C(C)C)=C=C13)CCCCCCC1=C3C(=C=C(C(C)C)C=C1)C(C)=C=C3C(c1cccs1)C2c1cccs1. The molecule has 0 spiro atoms. The highest BCUT2D eigenvalue weighted by atomic mass is 32.1. The summed E-state index contributed by atoms with van der Waals surface area (Å²) in [6.07, 6.45) is 16.6. The van der Waals surface area contributed by atoms with Crippen LogP contribution < -0.4 is 0 Å². The second kappa shape index (κ2) is 12.9. The molecule has 2 aromatic heterocycles. The molecule has 0 N–H and O–H groups in total. The number of hydrogen-bond donors (Lipinski definition) is 0. The van der Waals surface area contributed by atoms with Crippen LogP contribution in [0.1, 0.15) is 102 Å². The Bertz CT molecular complexity index is 1830. The van der Waals surface area contributed by atoms with Crippen molar-refractivity contribution in [3.8, 4) is 0 Å². The van der Waals surface area contributed by atoms with E-state index in [9.17, 15) is 0 Å². The van der Waals surface area contributed by atoms with Gasteiger partial charge in [-0.15, -0.1) is 45.6 Å². The van der Waals surface area contributed by atoms with Gasteiger partial charge in [0.15, 0.2) is 0 Å². The Hall–Kier alpha value is -3.56. The van der Waals surface area contributed by atoms with E-state index in [0.717, 1.165) is 12.8 Å². The Morgan fingerprint density at radius 1 is 0.587 bits per heavy atom. The molecule has 0 aliphatic heterocycles. The van der Waals surface area contributed by atoms with Crippen LogP contribution in [0.4, 0.5) is 0 Å². The Labute approximate surface area is 284 Å². The van der Waals surface area contributed by atoms with Gasteiger partial charge in [-0.05, 0) is 96.6 Å². The average Bonchev–Trinajstić information content (AvgIpc) is 3.80. The number of thiophene rings is 2. The van der Waals surface area contributed by atoms with E-state index in [-0.39, 0.29) is 11.8 Å². The van der Waals surface area contributed by atoms with E-state index in [1.165, 1.54) is 102 Å². The summed E-state index contributed by atoms with van der Waals surface area (Å²) in [6.45, 7) is 13.7. The largest absolute Gasteiger partial charge is 0.148 e. The maximum atomic E-state index is 4.04. The number of rotatable bonds is 4. The van der Waals surface area contributed by atoms with Crippen LogP contribution in [0.5, 0.6) is 0 Å². The highest BCUT2D eigenvalue weighted by molar-refractivity contribution is 7.10. The van der Waals surface area contributed by atoms with Gasteiger partial charge in [0.1, 0.15) is 0 Å². The molecule has 5 aliphatic carbocycles. The zero-order chi connectivity index (χ0) is 31.9. The van der Waals surface area contributed by atoms with Crippen molar-refractivity contribution >= 4 is 22.7 Å². The second-order valence-electron chi connectivity index (χ2n) is 13.9. The topological polar surface area (TPSA) is 0 Å². The third-order valence-electron chi connectivity index (χ3n) is 10.1. The second-order valence-corrected chi connectivity index (χ2v) is 15.9. The van der Waals surface area contributed by atoms with E-state index in [0.29, 0.717) is 11.8 Å². The van der Waals surface area contributed by atoms with Gasteiger partial charge in [-0.2, -0.15) is 0 Å². The predicted octanol–water partition coefficient (Wildman–Crippen LogP) is 12.9. The summed E-state index contributed by atoms with van der Waals surface area (Å²) in [4.78, 5) is 2.79. The van der Waals surface area contributed by atoms with Crippen LogP contribution in [0.2, 0.25) is 0 Å². The fourth-order valence-corrected chi connectivity index (χ4v) is 9.37. The maximum absolute atomic E-state index is 4.04. The molecule has 0 saturated heterocycles. The van der Waals surface area contributed by atoms with Gasteiger partial charge in [-0.1, -0.05) is 77.0 Å². The zero-order valence-corrected chi connectivity index (χ0v) is 29.8. The molecule has 7 rings (SSSR count). The molecule has 0 radical (unpaired) electrons. The molecule has 0 saturated carbocycles. The minimum Gasteiger partial charge on any atom is -0.148 e. The molecule has 46 heavy (non-hydrogen) atoms. The summed E-state index contributed by atoms with van der Waals surface area (Å²) in [5.41, 5.74) is 31.8. The third-order valence-corrected chi connectivity index (χ3v) is 12.0. The zero-order valence-electron chi connectivity index (χ0n) is 28.1. The predicted molar refractivity (Wildman–Crippen MR) is 197 cm³/mol. The smallest absolute Gasteiger partial charge is 0.0387 e. The molecule has 0 amide bonds. The Kier molecular flexibility index (Phi) is 8.72. The fourth-order valence-electron chi connectivity index (χ4n) is 7.62. The van der Waals surface area contributed by atoms with Crippen LogP contribution in [0, 0.1) is 11.8 Å². The van der Waals surface area contributed by atoms with E-state index >= 15 is 0 Å². The lowest BCUT2D eigenvalue weighted by atomic mass is 9.73. The molecule has 0 bridgehead atoms. The molecule has 2 heteroatoms. The van der Waals surface area contributed by atoms with Gasteiger partial charge in [0.2, 0.25) is 0 Å². The van der Waals surface area contributed by atoms with Crippen LogP contribution in [0.3, 0.4) is 0 Å². The van der Waals surface area contributed by atoms with Crippen LogP contribution in [-0.4, -0.2) is 0 Å². The van der Waals surface area contributed by atoms with Crippen LogP contribution in [0.15, 0.2) is 149 Å². The Morgan fingerprint density at radius 2 is 1.02 bits per heavy atom. The molecule has 2 heterocycles. The minimum atomic E-state index is 0.110. The monoisotopic (exact) mass is 636 g/mol. The Morgan fingerprint density at radius 3 is 1.39 bits per heavy atom. The van der Waals surface area contributed by atoms with Gasteiger partial charge >= 0.3 is 0 Å². The van der Waals surface area contributed by atoms with Crippen molar-refractivity contribution in [3.63, 3.8) is 0 Å². The van der Waals surface area contributed by atoms with E-state index in [1.807, 2.05) is 22.7 Å². The van der Waals surface area contributed by atoms with Crippen LogP contribution in [-0.2, 0) is 0 Å². The lowest BCUT2D eigenvalue weighted by molar-refractivity contribution is 0.636. The van der Waals surface area contributed by atoms with Crippen molar-refractivity contribution in [1.29, 1.82) is 0 Å². The lowest BCUT2D eigenvalue weighted by Crippen LogP contribution is -2.17. The lowest BCUT2D eigenvalue weighted by Gasteiger charge is -2.30. The molecule has 0 fully saturated rings. The fraction of sp³-hybridized carbons (Fsp3) is 0.364. The van der Waals surface area contributed by atoms with Crippen molar-refractivity contribution in [1.82, 2.24) is 0 Å². The summed E-state index contributed by atoms with van der Waals surface area (Å²) < 4.78 is 0. The van der Waals surface area contributed by atoms with E-state index in [1.54, 1.807) is 0 Å². The van der Waals surface area contributed by atoms with Gasteiger partial charge < -0.3 is 0 Å². The Balaban J connectivity index is 1.54. The molecular formula is C44H44S2. The first kappa shape index (κ1) is 31.1. The highest BCUT2D eigenvalue weighted by Gasteiger charge is 2.41. The first-order valence-corrected chi connectivity index (χ1v) is 19.0. The number of allylic oxidation sites excluding steroid dienone is 12. The molecule has 2 aromatic rings. The summed E-state index contributed by atoms with van der Waals surface area (Å²) in [5, 5.41) is 4.50. The highest BCUT2D eigenvalue weighted by Crippen LogP contribution is 2.56. The van der Waals surface area contributed by atoms with Gasteiger partial charge in [-0.3, -0.25) is 0 Å². The molecule has 2 atom stereocenters. The number of hydrogen-bond acceptors (Lipinski definition) is 2. The van der Waals surface area contributed by atoms with Gasteiger partial charge in [0, 0.05) is 66.2 Å². The summed E-state index contributed by atoms with van der Waals surface area (Å²) in [5.74, 6) is 1.06. The standard InChI is InChI=1S/C44H44S2/c1-27(2)33-19-17-31-13-9-7-8-10-14-32-18-20-34(28(3)4)26-36-30(6)24-38(42(32)36)44(40-16-12-22-46-40)43(39-15-11-21-45-39)37-23-29(5)35(25-33)41(31)37/h11-12,15-22,27-28,43-44H,7-10,13-14H2,1-6H3. The van der Waals surface area contributed by atoms with E-state index in [4.69, 9.17) is 0 Å².